The lowest BCUT2D eigenvalue weighted by molar-refractivity contribution is -0.121. The molecule has 1 fully saturated rings. The van der Waals surface area contributed by atoms with Crippen molar-refractivity contribution in [1.82, 2.24) is 0 Å². The van der Waals surface area contributed by atoms with Crippen molar-refractivity contribution in [3.63, 3.8) is 0 Å². The third-order valence-electron chi connectivity index (χ3n) is 4.87. The van der Waals surface area contributed by atoms with E-state index < -0.39 is 17.6 Å². The fourth-order valence-corrected chi connectivity index (χ4v) is 3.54. The number of hydrogen-bond acceptors (Lipinski definition) is 3. The zero-order valence-electron chi connectivity index (χ0n) is 13.4. The van der Waals surface area contributed by atoms with Crippen LogP contribution in [-0.2, 0) is 14.4 Å². The molecule has 1 heterocycles. The van der Waals surface area contributed by atoms with E-state index in [1.807, 2.05) is 0 Å². The number of carbonyl (C=O) groups is 3. The Bertz CT molecular complexity index is 817. The van der Waals surface area contributed by atoms with Crippen molar-refractivity contribution in [3.8, 4) is 0 Å². The first kappa shape index (κ1) is 16.3. The van der Waals surface area contributed by atoms with Crippen molar-refractivity contribution >= 4 is 40.7 Å². The normalized spacial score (nSPS) is 20.2. The van der Waals surface area contributed by atoms with Gasteiger partial charge >= 0.3 is 0 Å². The molecular weight excluding hydrogens is 347 g/mol. The Labute approximate surface area is 148 Å². The molecule has 0 unspecified atom stereocenters. The third-order valence-corrected chi connectivity index (χ3v) is 5.19. The summed E-state index contributed by atoms with van der Waals surface area (Å²) < 4.78 is 14.5. The first-order chi connectivity index (χ1) is 12.0. The second-order valence-electron chi connectivity index (χ2n) is 6.66. The number of halogens is 2. The first-order valence-corrected chi connectivity index (χ1v) is 8.76. The summed E-state index contributed by atoms with van der Waals surface area (Å²) in [5, 5.41) is 2.69. The van der Waals surface area contributed by atoms with Crippen molar-refractivity contribution in [3.05, 3.63) is 34.1 Å². The average Bonchev–Trinajstić information content (AvgIpc) is 3.40. The van der Waals surface area contributed by atoms with Crippen LogP contribution in [0.2, 0.25) is 5.02 Å². The van der Waals surface area contributed by atoms with Crippen LogP contribution in [-0.4, -0.2) is 17.7 Å². The van der Waals surface area contributed by atoms with Crippen LogP contribution in [0.25, 0.3) is 0 Å². The highest BCUT2D eigenvalue weighted by Gasteiger charge is 2.41. The number of carbonyl (C=O) groups excluding carboxylic acids is 3. The molecule has 2 aliphatic carbocycles. The zero-order valence-corrected chi connectivity index (χ0v) is 14.2. The van der Waals surface area contributed by atoms with Gasteiger partial charge in [-0.1, -0.05) is 11.6 Å². The number of nitrogens with one attached hydrogen (secondary N) is 1. The first-order valence-electron chi connectivity index (χ1n) is 8.38. The molecule has 7 heteroatoms. The summed E-state index contributed by atoms with van der Waals surface area (Å²) in [5.41, 5.74) is 1.00. The predicted octanol–water partition coefficient (Wildman–Crippen LogP) is 3.57. The summed E-state index contributed by atoms with van der Waals surface area (Å²) in [7, 11) is 0. The Morgan fingerprint density at radius 1 is 1.12 bits per heavy atom. The van der Waals surface area contributed by atoms with Crippen LogP contribution in [0.3, 0.4) is 0 Å². The monoisotopic (exact) mass is 362 g/mol. The van der Waals surface area contributed by atoms with Gasteiger partial charge in [0, 0.05) is 17.1 Å². The van der Waals surface area contributed by atoms with Gasteiger partial charge in [0.15, 0.2) is 0 Å². The van der Waals surface area contributed by atoms with E-state index in [0.29, 0.717) is 24.0 Å². The summed E-state index contributed by atoms with van der Waals surface area (Å²) >= 11 is 6.02. The number of anilines is 2. The Morgan fingerprint density at radius 2 is 1.72 bits per heavy atom. The number of imide groups is 1. The number of benzene rings is 1. The summed E-state index contributed by atoms with van der Waals surface area (Å²) in [6.07, 6.45) is 4.40. The largest absolute Gasteiger partial charge is 0.324 e. The Balaban J connectivity index is 1.69. The van der Waals surface area contributed by atoms with Crippen molar-refractivity contribution in [2.75, 3.05) is 10.2 Å². The smallest absolute Gasteiger partial charge is 0.261 e. The highest BCUT2D eigenvalue weighted by atomic mass is 35.5. The molecule has 0 aromatic heterocycles. The molecule has 5 nitrogen and oxygen atoms in total. The predicted molar refractivity (Wildman–Crippen MR) is 90.8 cm³/mol. The molecule has 1 saturated carbocycles. The van der Waals surface area contributed by atoms with Crippen LogP contribution in [0.15, 0.2) is 23.3 Å². The van der Waals surface area contributed by atoms with Gasteiger partial charge in [-0.25, -0.2) is 9.29 Å². The lowest BCUT2D eigenvalue weighted by Gasteiger charge is -2.18. The molecule has 25 heavy (non-hydrogen) atoms. The molecule has 0 radical (unpaired) electrons. The average molecular weight is 363 g/mol. The van der Waals surface area contributed by atoms with E-state index in [1.165, 1.54) is 6.07 Å². The molecule has 1 N–H and O–H groups in total. The lowest BCUT2D eigenvalue weighted by Crippen LogP contribution is -2.32. The molecule has 0 saturated heterocycles. The van der Waals surface area contributed by atoms with Crippen LogP contribution in [0.5, 0.6) is 0 Å². The topological polar surface area (TPSA) is 66.5 Å². The fourth-order valence-electron chi connectivity index (χ4n) is 3.34. The number of amides is 3. The SMILES string of the molecule is O=C(Nc1cc(N2C(=O)C3=C(CCCC3)C2=O)c(F)cc1Cl)C1CC1. The van der Waals surface area contributed by atoms with E-state index in [2.05, 4.69) is 5.32 Å². The molecule has 0 atom stereocenters. The van der Waals surface area contributed by atoms with Gasteiger partial charge in [0.25, 0.3) is 11.8 Å². The van der Waals surface area contributed by atoms with Gasteiger partial charge in [-0.3, -0.25) is 14.4 Å². The molecule has 1 aliphatic heterocycles. The minimum atomic E-state index is -0.768. The van der Waals surface area contributed by atoms with Gasteiger partial charge in [0.05, 0.1) is 16.4 Å². The highest BCUT2D eigenvalue weighted by Crippen LogP contribution is 2.39. The van der Waals surface area contributed by atoms with Crippen molar-refractivity contribution < 1.29 is 18.8 Å². The zero-order chi connectivity index (χ0) is 17.7. The van der Waals surface area contributed by atoms with Gasteiger partial charge in [-0.15, -0.1) is 0 Å². The molecule has 1 aromatic rings. The Morgan fingerprint density at radius 3 is 2.28 bits per heavy atom. The maximum absolute atomic E-state index is 14.5. The third kappa shape index (κ3) is 2.74. The second kappa shape index (κ2) is 5.95. The summed E-state index contributed by atoms with van der Waals surface area (Å²) in [6, 6.07) is 2.30. The summed E-state index contributed by atoms with van der Waals surface area (Å²) in [4.78, 5) is 38.0. The van der Waals surface area contributed by atoms with E-state index in [1.54, 1.807) is 0 Å². The van der Waals surface area contributed by atoms with Crippen LogP contribution >= 0.6 is 11.6 Å². The lowest BCUT2D eigenvalue weighted by atomic mass is 9.93. The van der Waals surface area contributed by atoms with Crippen LogP contribution < -0.4 is 10.2 Å². The highest BCUT2D eigenvalue weighted by molar-refractivity contribution is 6.35. The molecular formula is C18H16ClFN2O3. The fraction of sp³-hybridized carbons (Fsp3) is 0.389. The van der Waals surface area contributed by atoms with Crippen molar-refractivity contribution in [2.45, 2.75) is 38.5 Å². The number of rotatable bonds is 3. The number of hydrogen-bond donors (Lipinski definition) is 1. The van der Waals surface area contributed by atoms with Crippen LogP contribution in [0.4, 0.5) is 15.8 Å². The van der Waals surface area contributed by atoms with E-state index >= 15 is 0 Å². The molecule has 1 aromatic carbocycles. The minimum Gasteiger partial charge on any atom is -0.324 e. The van der Waals surface area contributed by atoms with Crippen LogP contribution in [0, 0.1) is 11.7 Å². The quantitative estimate of drug-likeness (QED) is 0.836. The minimum absolute atomic E-state index is 0.0343. The maximum atomic E-state index is 14.5. The van der Waals surface area contributed by atoms with E-state index in [-0.39, 0.29) is 28.2 Å². The van der Waals surface area contributed by atoms with Crippen molar-refractivity contribution in [2.24, 2.45) is 5.92 Å². The van der Waals surface area contributed by atoms with Gasteiger partial charge < -0.3 is 5.32 Å². The number of nitrogens with zero attached hydrogens (tertiary/aromatic N) is 1. The van der Waals surface area contributed by atoms with E-state index in [9.17, 15) is 18.8 Å². The molecule has 4 rings (SSSR count). The van der Waals surface area contributed by atoms with Gasteiger partial charge in [0.1, 0.15) is 5.82 Å². The standard InChI is InChI=1S/C18H16ClFN2O3/c19-12-7-13(20)15(8-14(12)21-16(23)9-5-6-9)22-17(24)10-3-1-2-4-11(10)18(22)25/h7-9H,1-6H2,(H,21,23). The maximum Gasteiger partial charge on any atom is 0.261 e. The van der Waals surface area contributed by atoms with E-state index in [4.69, 9.17) is 11.6 Å². The molecule has 0 spiro atoms. The molecule has 0 bridgehead atoms. The van der Waals surface area contributed by atoms with Gasteiger partial charge in [-0.05, 0) is 50.7 Å². The van der Waals surface area contributed by atoms with E-state index in [0.717, 1.165) is 36.6 Å². The Hall–Kier alpha value is -2.21. The van der Waals surface area contributed by atoms with Gasteiger partial charge in [-0.2, -0.15) is 0 Å². The summed E-state index contributed by atoms with van der Waals surface area (Å²) in [5.74, 6) is -1.94. The van der Waals surface area contributed by atoms with Crippen LogP contribution in [0.1, 0.15) is 38.5 Å². The summed E-state index contributed by atoms with van der Waals surface area (Å²) in [6.45, 7) is 0. The molecule has 3 amide bonds. The molecule has 130 valence electrons. The van der Waals surface area contributed by atoms with Gasteiger partial charge in [0.2, 0.25) is 5.91 Å². The Kier molecular flexibility index (Phi) is 3.87. The second-order valence-corrected chi connectivity index (χ2v) is 7.06. The molecule has 3 aliphatic rings. The van der Waals surface area contributed by atoms with Crippen molar-refractivity contribution in [1.29, 1.82) is 0 Å².